The maximum atomic E-state index is 4.68. The van der Waals surface area contributed by atoms with E-state index in [-0.39, 0.29) is 0 Å². The van der Waals surface area contributed by atoms with Crippen molar-refractivity contribution in [1.29, 1.82) is 0 Å². The molecule has 0 saturated carbocycles. The molecule has 0 saturated heterocycles. The summed E-state index contributed by atoms with van der Waals surface area (Å²) in [5.74, 6) is 0. The highest BCUT2D eigenvalue weighted by molar-refractivity contribution is 7.79. The predicted octanol–water partition coefficient (Wildman–Crippen LogP) is 2.71. The van der Waals surface area contributed by atoms with E-state index in [1.165, 1.54) is 24.0 Å². The van der Waals surface area contributed by atoms with Gasteiger partial charge in [-0.2, -0.15) is 0 Å². The smallest absolute Gasteiger partial charge is 0.258 e. The van der Waals surface area contributed by atoms with Crippen LogP contribution < -0.4 is 0 Å². The molecule has 0 bridgehead atoms. The molecule has 0 aliphatic heterocycles. The molecule has 1 aliphatic rings. The average molecular weight is 280 g/mol. The van der Waals surface area contributed by atoms with Gasteiger partial charge in [-0.05, 0) is 50.3 Å². The van der Waals surface area contributed by atoms with E-state index >= 15 is 0 Å². The first-order valence-electron chi connectivity index (χ1n) is 6.46. The molecule has 1 unspecified atom stereocenters. The van der Waals surface area contributed by atoms with E-state index in [9.17, 15) is 0 Å². The third-order valence-electron chi connectivity index (χ3n) is 3.26. The van der Waals surface area contributed by atoms with Crippen LogP contribution in [0.3, 0.4) is 0 Å². The van der Waals surface area contributed by atoms with E-state index in [4.69, 9.17) is 0 Å². The molecule has 1 atom stereocenters. The summed E-state index contributed by atoms with van der Waals surface area (Å²) in [5, 5.41) is 0.514. The van der Waals surface area contributed by atoms with Gasteiger partial charge < -0.3 is 14.5 Å². The molecule has 3 nitrogen and oxygen atoms in total. The van der Waals surface area contributed by atoms with Gasteiger partial charge in [0.25, 0.3) is 5.17 Å². The Morgan fingerprint density at radius 3 is 2.32 bits per heavy atom. The minimum absolute atomic E-state index is 0.514. The van der Waals surface area contributed by atoms with Crippen molar-refractivity contribution in [3.8, 4) is 0 Å². The zero-order chi connectivity index (χ0) is 14.4. The number of hydrogen-bond acceptors (Lipinski definition) is 3. The zero-order valence-electron chi connectivity index (χ0n) is 12.5. The van der Waals surface area contributed by atoms with Crippen molar-refractivity contribution in [2.45, 2.75) is 18.9 Å². The standard InChI is InChI=1S/C11H15N.C4H9NOS/c1-12(2)11-8-7-9-5-3-4-6-10(9)11;1-5(2)4(7)6-3/h3-6,11H,7-8H2,1-2H3;1-3H3. The van der Waals surface area contributed by atoms with Crippen LogP contribution in [0.4, 0.5) is 0 Å². The lowest BCUT2D eigenvalue weighted by Crippen LogP contribution is -2.20. The van der Waals surface area contributed by atoms with Crippen LogP contribution in [-0.2, 0) is 11.2 Å². The van der Waals surface area contributed by atoms with Crippen molar-refractivity contribution >= 4 is 17.4 Å². The van der Waals surface area contributed by atoms with Crippen LogP contribution in [0.5, 0.6) is 0 Å². The minimum Gasteiger partial charge on any atom is -0.474 e. The summed E-state index contributed by atoms with van der Waals surface area (Å²) in [6.45, 7) is 0. The van der Waals surface area contributed by atoms with Gasteiger partial charge in [0, 0.05) is 20.1 Å². The van der Waals surface area contributed by atoms with Crippen LogP contribution in [0.2, 0.25) is 0 Å². The van der Waals surface area contributed by atoms with Gasteiger partial charge in [0.1, 0.15) is 0 Å². The summed E-state index contributed by atoms with van der Waals surface area (Å²) in [5.41, 5.74) is 3.07. The van der Waals surface area contributed by atoms with Crippen molar-refractivity contribution in [3.05, 3.63) is 35.4 Å². The number of aryl methyl sites for hydroxylation is 1. The molecule has 0 N–H and O–H groups in total. The molecule has 1 aromatic carbocycles. The van der Waals surface area contributed by atoms with E-state index < -0.39 is 0 Å². The summed E-state index contributed by atoms with van der Waals surface area (Å²) < 4.78 is 4.67. The predicted molar refractivity (Wildman–Crippen MR) is 84.5 cm³/mol. The lowest BCUT2D eigenvalue weighted by molar-refractivity contribution is 0.299. The molecule has 1 aliphatic carbocycles. The van der Waals surface area contributed by atoms with Gasteiger partial charge in [-0.1, -0.05) is 24.3 Å². The van der Waals surface area contributed by atoms with Crippen LogP contribution in [0, 0.1) is 0 Å². The van der Waals surface area contributed by atoms with Crippen LogP contribution in [0.1, 0.15) is 23.6 Å². The fraction of sp³-hybridized carbons (Fsp3) is 0.533. The highest BCUT2D eigenvalue weighted by atomic mass is 32.1. The number of thiocarbonyl (C=S) groups is 1. The van der Waals surface area contributed by atoms with Crippen LogP contribution in [0.15, 0.2) is 24.3 Å². The first kappa shape index (κ1) is 15.9. The molecule has 0 heterocycles. The van der Waals surface area contributed by atoms with Crippen LogP contribution in [-0.4, -0.2) is 50.3 Å². The Bertz CT molecular complexity index is 418. The third kappa shape index (κ3) is 4.48. The summed E-state index contributed by atoms with van der Waals surface area (Å²) >= 11 is 4.68. The molecule has 4 heteroatoms. The molecule has 0 fully saturated rings. The lowest BCUT2D eigenvalue weighted by atomic mass is 10.1. The third-order valence-corrected chi connectivity index (χ3v) is 3.80. The average Bonchev–Trinajstić information content (AvgIpc) is 2.82. The summed E-state index contributed by atoms with van der Waals surface area (Å²) in [6.07, 6.45) is 2.53. The molecule has 0 amide bonds. The first-order valence-corrected chi connectivity index (χ1v) is 6.87. The molecular formula is C15H24N2OS. The van der Waals surface area contributed by atoms with Crippen molar-refractivity contribution in [2.75, 3.05) is 35.3 Å². The maximum absolute atomic E-state index is 4.68. The molecule has 1 aromatic rings. The van der Waals surface area contributed by atoms with Crippen LogP contribution in [0.25, 0.3) is 0 Å². The number of rotatable bonds is 1. The van der Waals surface area contributed by atoms with E-state index in [1.807, 2.05) is 14.1 Å². The first-order chi connectivity index (χ1) is 8.97. The van der Waals surface area contributed by atoms with E-state index in [2.05, 4.69) is 60.2 Å². The molecule has 0 radical (unpaired) electrons. The lowest BCUT2D eigenvalue weighted by Gasteiger charge is -2.19. The Labute approximate surface area is 122 Å². The number of fused-ring (bicyclic) bond motifs is 1. The SMILES string of the molecule is CN(C)C1CCc2ccccc21.COC(=S)N(C)C. The number of benzene rings is 1. The summed E-state index contributed by atoms with van der Waals surface area (Å²) in [6, 6.07) is 9.44. The van der Waals surface area contributed by atoms with Gasteiger partial charge in [-0.15, -0.1) is 0 Å². The topological polar surface area (TPSA) is 15.7 Å². The van der Waals surface area contributed by atoms with Gasteiger partial charge >= 0.3 is 0 Å². The second-order valence-corrected chi connectivity index (χ2v) is 5.43. The van der Waals surface area contributed by atoms with Crippen molar-refractivity contribution < 1.29 is 4.74 Å². The molecule has 19 heavy (non-hydrogen) atoms. The molecule has 106 valence electrons. The Morgan fingerprint density at radius 1 is 1.21 bits per heavy atom. The van der Waals surface area contributed by atoms with Gasteiger partial charge in [-0.3, -0.25) is 0 Å². The number of methoxy groups -OCH3 is 1. The van der Waals surface area contributed by atoms with Gasteiger partial charge in [0.05, 0.1) is 7.11 Å². The van der Waals surface area contributed by atoms with Gasteiger partial charge in [0.15, 0.2) is 0 Å². The van der Waals surface area contributed by atoms with Crippen molar-refractivity contribution in [3.63, 3.8) is 0 Å². The Kier molecular flexibility index (Phi) is 6.25. The quantitative estimate of drug-likeness (QED) is 0.735. The number of ether oxygens (including phenoxy) is 1. The second-order valence-electron chi connectivity index (χ2n) is 5.08. The molecular weight excluding hydrogens is 256 g/mol. The Morgan fingerprint density at radius 2 is 1.84 bits per heavy atom. The number of nitrogens with zero attached hydrogens (tertiary/aromatic N) is 2. The molecule has 0 aromatic heterocycles. The minimum atomic E-state index is 0.514. The fourth-order valence-corrected chi connectivity index (χ4v) is 2.25. The van der Waals surface area contributed by atoms with E-state index in [1.54, 1.807) is 12.0 Å². The van der Waals surface area contributed by atoms with Crippen molar-refractivity contribution in [1.82, 2.24) is 9.80 Å². The largest absolute Gasteiger partial charge is 0.474 e. The van der Waals surface area contributed by atoms with E-state index in [0.717, 1.165) is 0 Å². The summed E-state index contributed by atoms with van der Waals surface area (Å²) in [7, 11) is 9.56. The fourth-order valence-electron chi connectivity index (χ4n) is 2.25. The Balaban J connectivity index is 0.000000224. The highest BCUT2D eigenvalue weighted by Crippen LogP contribution is 2.33. The maximum Gasteiger partial charge on any atom is 0.258 e. The van der Waals surface area contributed by atoms with Crippen LogP contribution >= 0.6 is 12.2 Å². The highest BCUT2D eigenvalue weighted by Gasteiger charge is 2.22. The second kappa shape index (κ2) is 7.46. The zero-order valence-corrected chi connectivity index (χ0v) is 13.3. The monoisotopic (exact) mass is 280 g/mol. The summed E-state index contributed by atoms with van der Waals surface area (Å²) in [4.78, 5) is 4.04. The normalized spacial score (nSPS) is 16.4. The Hall–Kier alpha value is -1.13. The molecule has 0 spiro atoms. The van der Waals surface area contributed by atoms with Gasteiger partial charge in [-0.25, -0.2) is 0 Å². The van der Waals surface area contributed by atoms with E-state index in [0.29, 0.717) is 11.2 Å². The van der Waals surface area contributed by atoms with Crippen molar-refractivity contribution in [2.24, 2.45) is 0 Å². The number of hydrogen-bond donors (Lipinski definition) is 0. The van der Waals surface area contributed by atoms with Gasteiger partial charge in [0.2, 0.25) is 0 Å². The molecule has 2 rings (SSSR count).